The Balaban J connectivity index is 2.10. The van der Waals surface area contributed by atoms with Gasteiger partial charge in [0.15, 0.2) is 11.3 Å². The lowest BCUT2D eigenvalue weighted by molar-refractivity contribution is 0.458. The minimum atomic E-state index is 0.269. The number of phenolic OH excluding ortho intramolecular Hbond substituents is 1. The van der Waals surface area contributed by atoms with Gasteiger partial charge in [-0.15, -0.1) is 0 Å². The molecule has 3 heteroatoms. The summed E-state index contributed by atoms with van der Waals surface area (Å²) in [5.41, 5.74) is 10.7. The third kappa shape index (κ3) is 3.90. The highest BCUT2D eigenvalue weighted by molar-refractivity contribution is 6.10. The lowest BCUT2D eigenvalue weighted by Crippen LogP contribution is -2.00. The largest absolute Gasteiger partial charge is 0.504 e. The number of rotatable bonds is 7. The molecule has 0 amide bonds. The van der Waals surface area contributed by atoms with Crippen LogP contribution in [-0.2, 0) is 12.8 Å². The van der Waals surface area contributed by atoms with Crippen molar-refractivity contribution in [1.82, 2.24) is 0 Å². The Morgan fingerprint density at radius 3 is 2.09 bits per heavy atom. The number of hydrogen-bond donors (Lipinski definition) is 1. The van der Waals surface area contributed by atoms with Crippen LogP contribution in [0.5, 0.6) is 5.75 Å². The Hall–Kier alpha value is -3.20. The van der Waals surface area contributed by atoms with Gasteiger partial charge in [-0.3, -0.25) is 0 Å². The molecule has 0 spiro atoms. The van der Waals surface area contributed by atoms with Gasteiger partial charge < -0.3 is 13.9 Å². The van der Waals surface area contributed by atoms with Crippen LogP contribution in [0, 0.1) is 27.7 Å². The molecule has 4 rings (SSSR count). The molecule has 0 unspecified atom stereocenters. The van der Waals surface area contributed by atoms with Crippen molar-refractivity contribution in [3.63, 3.8) is 0 Å². The van der Waals surface area contributed by atoms with Crippen LogP contribution in [0.3, 0.4) is 0 Å². The molecule has 0 aliphatic rings. The monoisotopic (exact) mass is 442 g/mol. The highest BCUT2D eigenvalue weighted by atomic mass is 16.3. The van der Waals surface area contributed by atoms with Gasteiger partial charge in [0.2, 0.25) is 0 Å². The predicted molar refractivity (Wildman–Crippen MR) is 138 cm³/mol. The van der Waals surface area contributed by atoms with Crippen LogP contribution in [0.4, 0.5) is 0 Å². The molecular weight excluding hydrogens is 408 g/mol. The van der Waals surface area contributed by atoms with Crippen molar-refractivity contribution in [2.24, 2.45) is 0 Å². The normalized spacial score (nSPS) is 12.3. The molecule has 0 bridgehead atoms. The summed E-state index contributed by atoms with van der Waals surface area (Å²) in [7, 11) is 0. The molecule has 4 aromatic rings. The summed E-state index contributed by atoms with van der Waals surface area (Å²) < 4.78 is 11.9. The second-order valence-corrected chi connectivity index (χ2v) is 8.99. The van der Waals surface area contributed by atoms with Crippen LogP contribution in [0.2, 0.25) is 0 Å². The second-order valence-electron chi connectivity index (χ2n) is 8.99. The molecule has 2 aromatic heterocycles. The van der Waals surface area contributed by atoms with Crippen molar-refractivity contribution in [2.75, 3.05) is 0 Å². The van der Waals surface area contributed by atoms with E-state index in [0.717, 1.165) is 69.9 Å². The van der Waals surface area contributed by atoms with Crippen LogP contribution in [0.25, 0.3) is 33.1 Å². The zero-order valence-electron chi connectivity index (χ0n) is 20.6. The molecule has 0 aliphatic carbocycles. The van der Waals surface area contributed by atoms with Crippen LogP contribution >= 0.6 is 0 Å². The number of hydrogen-bond acceptors (Lipinski definition) is 3. The molecule has 3 nitrogen and oxygen atoms in total. The van der Waals surface area contributed by atoms with E-state index >= 15 is 0 Å². The van der Waals surface area contributed by atoms with E-state index in [1.807, 2.05) is 13.2 Å². The maximum Gasteiger partial charge on any atom is 0.176 e. The minimum absolute atomic E-state index is 0.269. The number of furan rings is 2. The van der Waals surface area contributed by atoms with Gasteiger partial charge in [0.05, 0.1) is 12.5 Å². The number of phenols is 1. The molecule has 0 radical (unpaired) electrons. The van der Waals surface area contributed by atoms with Crippen LogP contribution in [0.1, 0.15) is 60.1 Å². The molecule has 2 aromatic carbocycles. The molecule has 2 heterocycles. The second kappa shape index (κ2) is 9.35. The summed E-state index contributed by atoms with van der Waals surface area (Å²) in [5, 5.41) is 13.3. The number of fused-ring (bicyclic) bond motifs is 2. The Bertz CT molecular complexity index is 1380. The molecule has 0 fully saturated rings. The Morgan fingerprint density at radius 2 is 1.39 bits per heavy atom. The quantitative estimate of drug-likeness (QED) is 0.291. The van der Waals surface area contributed by atoms with E-state index in [-0.39, 0.29) is 5.75 Å². The van der Waals surface area contributed by atoms with Gasteiger partial charge in [0.1, 0.15) is 5.58 Å². The van der Waals surface area contributed by atoms with Crippen molar-refractivity contribution in [3.8, 4) is 16.9 Å². The summed E-state index contributed by atoms with van der Waals surface area (Å²) in [6.07, 6.45) is 15.7. The van der Waals surface area contributed by atoms with Crippen molar-refractivity contribution < 1.29 is 13.9 Å². The molecule has 172 valence electrons. The van der Waals surface area contributed by atoms with E-state index in [2.05, 4.69) is 65.0 Å². The molecule has 1 N–H and O–H groups in total. The SMILES string of the molecule is C/C=C/CCc1cc2occ(C)c2c(-c2c(C)c(CC/C=C/C)c(O)c3occ(C)c23)c1C. The Kier molecular flexibility index (Phi) is 6.51. The van der Waals surface area contributed by atoms with Gasteiger partial charge in [-0.1, -0.05) is 24.3 Å². The topological polar surface area (TPSA) is 46.5 Å². The first-order valence-corrected chi connectivity index (χ1v) is 11.9. The van der Waals surface area contributed by atoms with Crippen LogP contribution in [0.15, 0.2) is 51.7 Å². The smallest absolute Gasteiger partial charge is 0.176 e. The van der Waals surface area contributed by atoms with Gasteiger partial charge in [-0.05, 0) is 112 Å². The van der Waals surface area contributed by atoms with Gasteiger partial charge in [-0.25, -0.2) is 0 Å². The predicted octanol–water partition coefficient (Wildman–Crippen LogP) is 8.80. The summed E-state index contributed by atoms with van der Waals surface area (Å²) in [5.74, 6) is 0.269. The van der Waals surface area contributed by atoms with Gasteiger partial charge in [-0.2, -0.15) is 0 Å². The summed E-state index contributed by atoms with van der Waals surface area (Å²) in [6.45, 7) is 12.6. The number of benzene rings is 2. The third-order valence-corrected chi connectivity index (χ3v) is 6.83. The summed E-state index contributed by atoms with van der Waals surface area (Å²) >= 11 is 0. The Labute approximate surface area is 196 Å². The third-order valence-electron chi connectivity index (χ3n) is 6.83. The molecule has 33 heavy (non-hydrogen) atoms. The molecule has 0 atom stereocenters. The average molecular weight is 443 g/mol. The minimum Gasteiger partial charge on any atom is -0.504 e. The summed E-state index contributed by atoms with van der Waals surface area (Å²) in [6, 6.07) is 2.20. The van der Waals surface area contributed by atoms with Crippen LogP contribution < -0.4 is 0 Å². The van der Waals surface area contributed by atoms with E-state index in [9.17, 15) is 5.11 Å². The van der Waals surface area contributed by atoms with E-state index in [4.69, 9.17) is 8.83 Å². The summed E-state index contributed by atoms with van der Waals surface area (Å²) in [4.78, 5) is 0. The van der Waals surface area contributed by atoms with Crippen molar-refractivity contribution >= 4 is 21.9 Å². The van der Waals surface area contributed by atoms with Gasteiger partial charge in [0, 0.05) is 16.3 Å². The van der Waals surface area contributed by atoms with Crippen molar-refractivity contribution in [1.29, 1.82) is 0 Å². The molecule has 0 saturated carbocycles. The first kappa shape index (κ1) is 23.0. The first-order chi connectivity index (χ1) is 15.9. The fourth-order valence-electron chi connectivity index (χ4n) is 5.08. The molecular formula is C30H34O3. The fourth-order valence-corrected chi connectivity index (χ4v) is 5.08. The van der Waals surface area contributed by atoms with E-state index in [1.165, 1.54) is 16.7 Å². The van der Waals surface area contributed by atoms with Crippen molar-refractivity contribution in [2.45, 2.75) is 67.2 Å². The zero-order chi connectivity index (χ0) is 23.7. The first-order valence-electron chi connectivity index (χ1n) is 11.9. The lowest BCUT2D eigenvalue weighted by Gasteiger charge is -2.20. The number of aromatic hydroxyl groups is 1. The molecule has 0 aliphatic heterocycles. The molecule has 0 saturated heterocycles. The maximum absolute atomic E-state index is 11.2. The highest BCUT2D eigenvalue weighted by Crippen LogP contribution is 2.47. The zero-order valence-corrected chi connectivity index (χ0v) is 20.6. The van der Waals surface area contributed by atoms with Gasteiger partial charge >= 0.3 is 0 Å². The van der Waals surface area contributed by atoms with E-state index < -0.39 is 0 Å². The standard InChI is InChI=1S/C30H34O3/c1-7-9-11-13-22-15-24-25(18(3)16-32-24)27(20(22)5)28-21(6)23(14-12-10-8-2)29(31)30-26(28)19(4)17-33-30/h7-10,15-17,31H,11-14H2,1-6H3/b9-7+,10-8+. The van der Waals surface area contributed by atoms with E-state index in [1.54, 1.807) is 6.26 Å². The maximum atomic E-state index is 11.2. The van der Waals surface area contributed by atoms with Crippen LogP contribution in [-0.4, -0.2) is 5.11 Å². The lowest BCUT2D eigenvalue weighted by atomic mass is 9.83. The fraction of sp³-hybridized carbons (Fsp3) is 0.333. The number of aryl methyl sites for hydroxylation is 3. The van der Waals surface area contributed by atoms with Gasteiger partial charge in [0.25, 0.3) is 0 Å². The average Bonchev–Trinajstić information content (AvgIpc) is 3.35. The highest BCUT2D eigenvalue weighted by Gasteiger charge is 2.25. The Morgan fingerprint density at radius 1 is 0.788 bits per heavy atom. The van der Waals surface area contributed by atoms with E-state index in [0.29, 0.717) is 5.58 Å². The van der Waals surface area contributed by atoms with Crippen molar-refractivity contribution in [3.05, 3.63) is 76.3 Å². The number of allylic oxidation sites excluding steroid dienone is 4.